The zero-order valence-corrected chi connectivity index (χ0v) is 17.1. The van der Waals surface area contributed by atoms with Crippen molar-refractivity contribution in [3.63, 3.8) is 0 Å². The smallest absolute Gasteiger partial charge is 0.203 e. The Morgan fingerprint density at radius 3 is 2.13 bits per heavy atom. The largest absolute Gasteiger partial charge is 0.497 e. The van der Waals surface area contributed by atoms with Gasteiger partial charge in [-0.05, 0) is 30.3 Å². The summed E-state index contributed by atoms with van der Waals surface area (Å²) in [6, 6.07) is 13.2. The SMILES string of the molecule is COc1ccc(-c2nc3c(Nc4cc(OC)c(OC)c(OC)c4)nccc3[nH]2)cc1. The number of ether oxygens (including phenoxy) is 4. The zero-order chi connectivity index (χ0) is 21.1. The molecule has 2 aromatic carbocycles. The Kier molecular flexibility index (Phi) is 5.30. The van der Waals surface area contributed by atoms with Gasteiger partial charge in [0.25, 0.3) is 0 Å². The molecule has 8 heteroatoms. The van der Waals surface area contributed by atoms with Gasteiger partial charge in [0.2, 0.25) is 5.75 Å². The second-order valence-electron chi connectivity index (χ2n) is 6.41. The molecule has 0 radical (unpaired) electrons. The monoisotopic (exact) mass is 406 g/mol. The lowest BCUT2D eigenvalue weighted by Gasteiger charge is -2.15. The summed E-state index contributed by atoms with van der Waals surface area (Å²) in [6.07, 6.45) is 1.72. The summed E-state index contributed by atoms with van der Waals surface area (Å²) in [4.78, 5) is 12.5. The van der Waals surface area contributed by atoms with E-state index in [0.29, 0.717) is 23.1 Å². The van der Waals surface area contributed by atoms with E-state index in [0.717, 1.165) is 33.9 Å². The summed E-state index contributed by atoms with van der Waals surface area (Å²) in [6.45, 7) is 0. The minimum Gasteiger partial charge on any atom is -0.497 e. The number of hydrogen-bond donors (Lipinski definition) is 2. The van der Waals surface area contributed by atoms with Crippen molar-refractivity contribution in [1.82, 2.24) is 15.0 Å². The Morgan fingerprint density at radius 1 is 0.833 bits per heavy atom. The first kappa shape index (κ1) is 19.4. The van der Waals surface area contributed by atoms with E-state index >= 15 is 0 Å². The third-order valence-corrected chi connectivity index (χ3v) is 4.69. The number of rotatable bonds is 7. The lowest BCUT2D eigenvalue weighted by atomic mass is 10.2. The lowest BCUT2D eigenvalue weighted by molar-refractivity contribution is 0.324. The summed E-state index contributed by atoms with van der Waals surface area (Å²) in [5, 5.41) is 3.30. The summed E-state index contributed by atoms with van der Waals surface area (Å²) < 4.78 is 21.5. The zero-order valence-electron chi connectivity index (χ0n) is 17.1. The molecule has 2 heterocycles. The Morgan fingerprint density at radius 2 is 1.53 bits per heavy atom. The molecular formula is C22H22N4O4. The van der Waals surface area contributed by atoms with Gasteiger partial charge < -0.3 is 29.2 Å². The highest BCUT2D eigenvalue weighted by Gasteiger charge is 2.15. The van der Waals surface area contributed by atoms with Crippen LogP contribution in [0.4, 0.5) is 11.5 Å². The highest BCUT2D eigenvalue weighted by molar-refractivity contribution is 5.90. The molecule has 0 unspecified atom stereocenters. The fraction of sp³-hybridized carbons (Fsp3) is 0.182. The van der Waals surface area contributed by atoms with E-state index in [1.807, 2.05) is 42.5 Å². The molecule has 2 N–H and O–H groups in total. The molecule has 0 spiro atoms. The van der Waals surface area contributed by atoms with Gasteiger partial charge in [0.05, 0.1) is 34.0 Å². The van der Waals surface area contributed by atoms with E-state index < -0.39 is 0 Å². The van der Waals surface area contributed by atoms with Crippen LogP contribution < -0.4 is 24.3 Å². The molecule has 154 valence electrons. The third kappa shape index (κ3) is 3.55. The molecule has 0 saturated carbocycles. The molecule has 0 fully saturated rings. The third-order valence-electron chi connectivity index (χ3n) is 4.69. The first-order chi connectivity index (χ1) is 14.7. The van der Waals surface area contributed by atoms with Gasteiger partial charge in [-0.3, -0.25) is 0 Å². The van der Waals surface area contributed by atoms with Crippen molar-refractivity contribution in [2.45, 2.75) is 0 Å². The number of anilines is 2. The first-order valence-corrected chi connectivity index (χ1v) is 9.23. The number of H-pyrrole nitrogens is 1. The standard InChI is InChI=1S/C22H22N4O4/c1-27-15-7-5-13(6-8-15)21-25-16-9-10-23-22(19(16)26-21)24-14-11-17(28-2)20(30-4)18(12-14)29-3/h5-12H,1-4H3,(H,23,24)(H,25,26). The van der Waals surface area contributed by atoms with Crippen molar-refractivity contribution in [3.8, 4) is 34.4 Å². The quantitative estimate of drug-likeness (QED) is 0.470. The minimum atomic E-state index is 0.526. The predicted octanol–water partition coefficient (Wildman–Crippen LogP) is 4.40. The lowest BCUT2D eigenvalue weighted by Crippen LogP contribution is -1.99. The highest BCUT2D eigenvalue weighted by atomic mass is 16.5. The topological polar surface area (TPSA) is 90.5 Å². The van der Waals surface area contributed by atoms with E-state index in [1.165, 1.54) is 0 Å². The summed E-state index contributed by atoms with van der Waals surface area (Å²) in [5.41, 5.74) is 3.27. The fourth-order valence-corrected chi connectivity index (χ4v) is 3.20. The summed E-state index contributed by atoms with van der Waals surface area (Å²) in [5.74, 6) is 3.77. The number of aromatic amines is 1. The van der Waals surface area contributed by atoms with E-state index in [-0.39, 0.29) is 0 Å². The van der Waals surface area contributed by atoms with Crippen LogP contribution in [0.25, 0.3) is 22.4 Å². The number of nitrogens with zero attached hydrogens (tertiary/aromatic N) is 2. The molecule has 0 amide bonds. The molecular weight excluding hydrogens is 384 g/mol. The predicted molar refractivity (Wildman–Crippen MR) is 115 cm³/mol. The molecule has 0 aliphatic rings. The molecule has 8 nitrogen and oxygen atoms in total. The number of pyridine rings is 1. The van der Waals surface area contributed by atoms with Crippen molar-refractivity contribution in [2.24, 2.45) is 0 Å². The Bertz CT molecular complexity index is 1150. The van der Waals surface area contributed by atoms with Gasteiger partial charge in [0.1, 0.15) is 17.1 Å². The van der Waals surface area contributed by atoms with Crippen LogP contribution in [-0.4, -0.2) is 43.4 Å². The van der Waals surface area contributed by atoms with Crippen LogP contribution in [0.3, 0.4) is 0 Å². The second-order valence-corrected chi connectivity index (χ2v) is 6.41. The van der Waals surface area contributed by atoms with Gasteiger partial charge in [-0.1, -0.05) is 0 Å². The molecule has 4 rings (SSSR count). The minimum absolute atomic E-state index is 0.526. The van der Waals surface area contributed by atoms with Gasteiger partial charge >= 0.3 is 0 Å². The van der Waals surface area contributed by atoms with Crippen molar-refractivity contribution >= 4 is 22.5 Å². The maximum absolute atomic E-state index is 5.43. The van der Waals surface area contributed by atoms with Gasteiger partial charge in [0.15, 0.2) is 17.3 Å². The van der Waals surface area contributed by atoms with Crippen LogP contribution in [0.1, 0.15) is 0 Å². The van der Waals surface area contributed by atoms with Crippen molar-refractivity contribution in [3.05, 3.63) is 48.7 Å². The van der Waals surface area contributed by atoms with Crippen molar-refractivity contribution in [1.29, 1.82) is 0 Å². The Labute approximate surface area is 173 Å². The average Bonchev–Trinajstić information content (AvgIpc) is 3.24. The number of hydrogen-bond acceptors (Lipinski definition) is 7. The maximum atomic E-state index is 5.43. The van der Waals surface area contributed by atoms with Gasteiger partial charge in [-0.25, -0.2) is 9.97 Å². The van der Waals surface area contributed by atoms with Crippen molar-refractivity contribution < 1.29 is 18.9 Å². The summed E-state index contributed by atoms with van der Waals surface area (Å²) >= 11 is 0. The molecule has 4 aromatic rings. The number of aromatic nitrogens is 3. The Hall–Kier alpha value is -3.94. The molecule has 30 heavy (non-hydrogen) atoms. The number of nitrogens with one attached hydrogen (secondary N) is 2. The molecule has 0 bridgehead atoms. The molecule has 2 aromatic heterocycles. The molecule has 0 aliphatic heterocycles. The van der Waals surface area contributed by atoms with Crippen LogP contribution in [-0.2, 0) is 0 Å². The van der Waals surface area contributed by atoms with Crippen LogP contribution >= 0.6 is 0 Å². The second kappa shape index (κ2) is 8.20. The van der Waals surface area contributed by atoms with Gasteiger partial charge in [0, 0.05) is 29.6 Å². The number of methoxy groups -OCH3 is 4. The van der Waals surface area contributed by atoms with Crippen molar-refractivity contribution in [2.75, 3.05) is 33.8 Å². The fourth-order valence-electron chi connectivity index (χ4n) is 3.20. The average molecular weight is 406 g/mol. The number of imidazole rings is 1. The highest BCUT2D eigenvalue weighted by Crippen LogP contribution is 2.41. The maximum Gasteiger partial charge on any atom is 0.203 e. The van der Waals surface area contributed by atoms with E-state index in [4.69, 9.17) is 23.9 Å². The van der Waals surface area contributed by atoms with Crippen LogP contribution in [0, 0.1) is 0 Å². The first-order valence-electron chi connectivity index (χ1n) is 9.23. The van der Waals surface area contributed by atoms with Gasteiger partial charge in [-0.15, -0.1) is 0 Å². The Balaban J connectivity index is 1.72. The van der Waals surface area contributed by atoms with Crippen LogP contribution in [0.5, 0.6) is 23.0 Å². The molecule has 0 atom stereocenters. The van der Waals surface area contributed by atoms with Crippen LogP contribution in [0.15, 0.2) is 48.7 Å². The number of fused-ring (bicyclic) bond motifs is 1. The van der Waals surface area contributed by atoms with E-state index in [2.05, 4.69) is 15.3 Å². The van der Waals surface area contributed by atoms with Crippen LogP contribution in [0.2, 0.25) is 0 Å². The normalized spacial score (nSPS) is 10.7. The van der Waals surface area contributed by atoms with E-state index in [1.54, 1.807) is 34.6 Å². The summed E-state index contributed by atoms with van der Waals surface area (Å²) in [7, 11) is 6.37. The van der Waals surface area contributed by atoms with E-state index in [9.17, 15) is 0 Å². The number of benzene rings is 2. The molecule has 0 saturated heterocycles. The molecule has 0 aliphatic carbocycles. The van der Waals surface area contributed by atoms with Gasteiger partial charge in [-0.2, -0.15) is 0 Å².